The van der Waals surface area contributed by atoms with Crippen molar-refractivity contribution in [3.8, 4) is 5.75 Å². The summed E-state index contributed by atoms with van der Waals surface area (Å²) in [4.78, 5) is 41.2. The van der Waals surface area contributed by atoms with Gasteiger partial charge in [-0.05, 0) is 66.7 Å². The number of hydrogen-bond donors (Lipinski definition) is 3. The van der Waals surface area contributed by atoms with Gasteiger partial charge in [0, 0.05) is 21.8 Å². The molecule has 0 aliphatic heterocycles. The number of nitrogens with one attached hydrogen (secondary N) is 3. The van der Waals surface area contributed by atoms with Crippen LogP contribution in [0.3, 0.4) is 0 Å². The lowest BCUT2D eigenvalue weighted by Gasteiger charge is -2.08. The van der Waals surface area contributed by atoms with Gasteiger partial charge in [-0.1, -0.05) is 11.6 Å². The van der Waals surface area contributed by atoms with Gasteiger partial charge in [-0.15, -0.1) is 0 Å². The van der Waals surface area contributed by atoms with Crippen LogP contribution in [0.1, 0.15) is 15.9 Å². The first-order valence-corrected chi connectivity index (χ1v) is 9.41. The largest absolute Gasteiger partial charge is 0.484 e. The summed E-state index contributed by atoms with van der Waals surface area (Å²) in [5.41, 5.74) is 2.52. The minimum atomic E-state index is -0.353. The highest BCUT2D eigenvalue weighted by atomic mass is 35.5. The maximum absolute atomic E-state index is 12.5. The number of amides is 1. The average Bonchev–Trinajstić information content (AvgIpc) is 3.12. The quantitative estimate of drug-likeness (QED) is 0.412. The second-order valence-electron chi connectivity index (χ2n) is 6.54. The monoisotopic (exact) mass is 421 g/mol. The van der Waals surface area contributed by atoms with Gasteiger partial charge in [0.25, 0.3) is 5.91 Å². The Morgan fingerprint density at radius 3 is 2.20 bits per heavy atom. The predicted molar refractivity (Wildman–Crippen MR) is 114 cm³/mol. The van der Waals surface area contributed by atoms with E-state index in [1.165, 1.54) is 0 Å². The second kappa shape index (κ2) is 8.26. The number of hydrogen-bond acceptors (Lipinski definition) is 4. The molecule has 0 fully saturated rings. The van der Waals surface area contributed by atoms with Crippen molar-refractivity contribution in [2.75, 3.05) is 11.9 Å². The number of fused-ring (bicyclic) bond motifs is 1. The third-order valence-corrected chi connectivity index (χ3v) is 4.64. The van der Waals surface area contributed by atoms with E-state index >= 15 is 0 Å². The Labute approximate surface area is 175 Å². The number of carbonyl (C=O) groups is 2. The van der Waals surface area contributed by atoms with Crippen LogP contribution >= 0.6 is 11.6 Å². The van der Waals surface area contributed by atoms with Crippen molar-refractivity contribution in [1.82, 2.24) is 9.97 Å². The lowest BCUT2D eigenvalue weighted by atomic mass is 10.0. The number of halogens is 1. The van der Waals surface area contributed by atoms with Crippen molar-refractivity contribution in [2.24, 2.45) is 0 Å². The predicted octanol–water partition coefficient (Wildman–Crippen LogP) is 3.76. The van der Waals surface area contributed by atoms with E-state index in [1.807, 2.05) is 0 Å². The molecule has 30 heavy (non-hydrogen) atoms. The van der Waals surface area contributed by atoms with Gasteiger partial charge in [0.2, 0.25) is 0 Å². The number of ether oxygens (including phenoxy) is 1. The number of imidazole rings is 1. The van der Waals surface area contributed by atoms with Gasteiger partial charge in [-0.25, -0.2) is 4.79 Å². The zero-order valence-electron chi connectivity index (χ0n) is 15.6. The Bertz CT molecular complexity index is 1270. The normalized spacial score (nSPS) is 10.7. The van der Waals surface area contributed by atoms with E-state index in [0.717, 1.165) is 0 Å². The molecule has 3 aromatic carbocycles. The number of ketones is 1. The first kappa shape index (κ1) is 19.5. The van der Waals surface area contributed by atoms with Crippen LogP contribution in [0.4, 0.5) is 5.69 Å². The molecule has 0 saturated heterocycles. The van der Waals surface area contributed by atoms with E-state index in [1.54, 1.807) is 66.7 Å². The third-order valence-electron chi connectivity index (χ3n) is 4.39. The van der Waals surface area contributed by atoms with E-state index < -0.39 is 0 Å². The minimum Gasteiger partial charge on any atom is -0.484 e. The van der Waals surface area contributed by atoms with Gasteiger partial charge in [0.1, 0.15) is 5.75 Å². The Morgan fingerprint density at radius 2 is 1.50 bits per heavy atom. The Morgan fingerprint density at radius 1 is 0.867 bits per heavy atom. The summed E-state index contributed by atoms with van der Waals surface area (Å²) in [6.07, 6.45) is 0. The fourth-order valence-electron chi connectivity index (χ4n) is 2.93. The van der Waals surface area contributed by atoms with Gasteiger partial charge >= 0.3 is 5.69 Å². The maximum atomic E-state index is 12.5. The molecule has 1 amide bonds. The Balaban J connectivity index is 1.34. The standard InChI is InChI=1S/C22H16ClN3O4/c23-15-5-1-13(2-6-15)21(28)14-3-8-17(9-4-14)30-12-20(27)24-16-7-10-18-19(11-16)26-22(29)25-18/h1-11H,12H2,(H,24,27)(H2,25,26,29). The van der Waals surface area contributed by atoms with Crippen molar-refractivity contribution in [3.63, 3.8) is 0 Å². The molecule has 4 aromatic rings. The molecule has 150 valence electrons. The second-order valence-corrected chi connectivity index (χ2v) is 6.97. The van der Waals surface area contributed by atoms with Crippen molar-refractivity contribution in [3.05, 3.63) is 93.4 Å². The molecule has 0 aliphatic carbocycles. The Hall–Kier alpha value is -3.84. The molecule has 1 aromatic heterocycles. The molecule has 0 radical (unpaired) electrons. The first-order valence-electron chi connectivity index (χ1n) is 9.03. The molecule has 0 saturated carbocycles. The van der Waals surface area contributed by atoms with Crippen LogP contribution < -0.4 is 15.7 Å². The van der Waals surface area contributed by atoms with Gasteiger partial charge < -0.3 is 20.0 Å². The van der Waals surface area contributed by atoms with Crippen LogP contribution in [-0.2, 0) is 4.79 Å². The molecule has 8 heteroatoms. The van der Waals surface area contributed by atoms with Crippen molar-refractivity contribution in [1.29, 1.82) is 0 Å². The molecule has 3 N–H and O–H groups in total. The van der Waals surface area contributed by atoms with Crippen molar-refractivity contribution in [2.45, 2.75) is 0 Å². The number of carbonyl (C=O) groups excluding carboxylic acids is 2. The number of aromatic nitrogens is 2. The molecule has 7 nitrogen and oxygen atoms in total. The molecular weight excluding hydrogens is 406 g/mol. The zero-order chi connectivity index (χ0) is 21.1. The molecule has 0 spiro atoms. The summed E-state index contributed by atoms with van der Waals surface area (Å²) in [7, 11) is 0. The van der Waals surface area contributed by atoms with E-state index in [9.17, 15) is 14.4 Å². The molecule has 4 rings (SSSR count). The van der Waals surface area contributed by atoms with Gasteiger partial charge in [-0.3, -0.25) is 9.59 Å². The SMILES string of the molecule is O=C(COc1ccc(C(=O)c2ccc(Cl)cc2)cc1)Nc1ccc2[nH]c(=O)[nH]c2c1. The van der Waals surface area contributed by atoms with Crippen LogP contribution in [-0.4, -0.2) is 28.3 Å². The molecule has 1 heterocycles. The van der Waals surface area contributed by atoms with Crippen molar-refractivity contribution >= 4 is 40.0 Å². The van der Waals surface area contributed by atoms with E-state index in [4.69, 9.17) is 16.3 Å². The van der Waals surface area contributed by atoms with Crippen LogP contribution in [0, 0.1) is 0 Å². The minimum absolute atomic E-state index is 0.130. The van der Waals surface area contributed by atoms with Crippen molar-refractivity contribution < 1.29 is 14.3 Å². The van der Waals surface area contributed by atoms with E-state index in [2.05, 4.69) is 15.3 Å². The lowest BCUT2D eigenvalue weighted by molar-refractivity contribution is -0.118. The fraction of sp³-hybridized carbons (Fsp3) is 0.0455. The zero-order valence-corrected chi connectivity index (χ0v) is 16.3. The molecular formula is C22H16ClN3O4. The average molecular weight is 422 g/mol. The summed E-state index contributed by atoms with van der Waals surface area (Å²) in [6, 6.07) is 18.2. The van der Waals surface area contributed by atoms with Gasteiger partial charge in [0.05, 0.1) is 11.0 Å². The molecule has 0 bridgehead atoms. The molecule has 0 unspecified atom stereocenters. The Kier molecular flexibility index (Phi) is 5.36. The number of benzene rings is 3. The first-order chi connectivity index (χ1) is 14.5. The van der Waals surface area contributed by atoms with Gasteiger partial charge in [0.15, 0.2) is 12.4 Å². The van der Waals surface area contributed by atoms with Gasteiger partial charge in [-0.2, -0.15) is 0 Å². The van der Waals surface area contributed by atoms with E-state index in [-0.39, 0.29) is 24.0 Å². The highest BCUT2D eigenvalue weighted by Crippen LogP contribution is 2.18. The van der Waals surface area contributed by atoms with Crippen LogP contribution in [0.5, 0.6) is 5.75 Å². The lowest BCUT2D eigenvalue weighted by Crippen LogP contribution is -2.20. The van der Waals surface area contributed by atoms with E-state index in [0.29, 0.717) is 38.6 Å². The maximum Gasteiger partial charge on any atom is 0.323 e. The highest BCUT2D eigenvalue weighted by Gasteiger charge is 2.10. The summed E-state index contributed by atoms with van der Waals surface area (Å²) >= 11 is 5.85. The number of anilines is 1. The van der Waals surface area contributed by atoms with Crippen LogP contribution in [0.2, 0.25) is 5.02 Å². The molecule has 0 aliphatic rings. The molecule has 0 atom stereocenters. The smallest absolute Gasteiger partial charge is 0.323 e. The summed E-state index contributed by atoms with van der Waals surface area (Å²) in [5, 5.41) is 3.27. The number of aromatic amines is 2. The third kappa shape index (κ3) is 4.42. The highest BCUT2D eigenvalue weighted by molar-refractivity contribution is 6.30. The summed E-state index contributed by atoms with van der Waals surface area (Å²) in [6.45, 7) is -0.202. The number of H-pyrrole nitrogens is 2. The van der Waals surface area contributed by atoms with Crippen LogP contribution in [0.15, 0.2) is 71.5 Å². The summed E-state index contributed by atoms with van der Waals surface area (Å²) in [5.74, 6) is -0.0223. The fourth-order valence-corrected chi connectivity index (χ4v) is 3.05. The number of rotatable bonds is 6. The van der Waals surface area contributed by atoms with Crippen LogP contribution in [0.25, 0.3) is 11.0 Å². The summed E-state index contributed by atoms with van der Waals surface area (Å²) < 4.78 is 5.48. The topological polar surface area (TPSA) is 104 Å².